The van der Waals surface area contributed by atoms with Crippen LogP contribution < -0.4 is 0 Å². The molecule has 0 aromatic rings. The van der Waals surface area contributed by atoms with E-state index in [1.54, 1.807) is 0 Å². The molecule has 1 aliphatic heterocycles. The first kappa shape index (κ1) is 12.0. The quantitative estimate of drug-likeness (QED) is 0.758. The molecule has 2 saturated carbocycles. The summed E-state index contributed by atoms with van der Waals surface area (Å²) in [5, 5.41) is 10.1. The number of aliphatic hydroxyl groups is 1. The second-order valence-electron chi connectivity index (χ2n) is 6.74. The minimum atomic E-state index is -0.0353. The van der Waals surface area contributed by atoms with Gasteiger partial charge in [0.1, 0.15) is 0 Å². The number of likely N-dealkylation sites (tertiary alicyclic amines) is 1. The van der Waals surface area contributed by atoms with Crippen LogP contribution in [0.5, 0.6) is 0 Å². The van der Waals surface area contributed by atoms with Crippen molar-refractivity contribution in [3.63, 3.8) is 0 Å². The second-order valence-corrected chi connectivity index (χ2v) is 6.74. The predicted octanol–water partition coefficient (Wildman–Crippen LogP) is 2.95. The molecule has 1 spiro atoms. The fourth-order valence-corrected chi connectivity index (χ4v) is 4.36. The zero-order chi connectivity index (χ0) is 11.7. The van der Waals surface area contributed by atoms with Crippen molar-refractivity contribution in [2.75, 3.05) is 13.1 Å². The van der Waals surface area contributed by atoms with Crippen molar-refractivity contribution in [1.82, 2.24) is 4.90 Å². The van der Waals surface area contributed by atoms with Gasteiger partial charge in [-0.1, -0.05) is 38.5 Å². The first-order chi connectivity index (χ1) is 8.29. The standard InChI is InChI=1S/C15H27NO/c17-14-8-4-3-7-13(14)16-11-15(12-16)9-5-1-2-6-10-15/h13-14,17H,1-12H2. The van der Waals surface area contributed by atoms with Crippen molar-refractivity contribution in [3.05, 3.63) is 0 Å². The van der Waals surface area contributed by atoms with Crippen LogP contribution in [0.25, 0.3) is 0 Å². The molecule has 0 aromatic carbocycles. The van der Waals surface area contributed by atoms with E-state index in [4.69, 9.17) is 0 Å². The molecule has 3 aliphatic rings. The van der Waals surface area contributed by atoms with Gasteiger partial charge in [0.25, 0.3) is 0 Å². The summed E-state index contributed by atoms with van der Waals surface area (Å²) in [5.41, 5.74) is 0.660. The van der Waals surface area contributed by atoms with Crippen LogP contribution in [-0.2, 0) is 0 Å². The fourth-order valence-electron chi connectivity index (χ4n) is 4.36. The van der Waals surface area contributed by atoms with Crippen LogP contribution in [0.2, 0.25) is 0 Å². The van der Waals surface area contributed by atoms with Crippen LogP contribution in [0.3, 0.4) is 0 Å². The van der Waals surface area contributed by atoms with E-state index >= 15 is 0 Å². The molecule has 3 rings (SSSR count). The van der Waals surface area contributed by atoms with Crippen molar-refractivity contribution in [1.29, 1.82) is 0 Å². The first-order valence-electron chi connectivity index (χ1n) is 7.71. The Kier molecular flexibility index (Phi) is 3.45. The van der Waals surface area contributed by atoms with E-state index in [1.807, 2.05) is 0 Å². The Labute approximate surface area is 105 Å². The van der Waals surface area contributed by atoms with Crippen LogP contribution in [0.15, 0.2) is 0 Å². The fraction of sp³-hybridized carbons (Fsp3) is 1.00. The lowest BCUT2D eigenvalue weighted by Gasteiger charge is -2.55. The summed E-state index contributed by atoms with van der Waals surface area (Å²) in [4.78, 5) is 2.59. The number of rotatable bonds is 1. The molecule has 1 saturated heterocycles. The Hall–Kier alpha value is -0.0800. The smallest absolute Gasteiger partial charge is 0.0695 e. The maximum Gasteiger partial charge on any atom is 0.0695 e. The van der Waals surface area contributed by atoms with Gasteiger partial charge in [0, 0.05) is 19.1 Å². The van der Waals surface area contributed by atoms with Gasteiger partial charge in [-0.15, -0.1) is 0 Å². The van der Waals surface area contributed by atoms with Gasteiger partial charge < -0.3 is 5.11 Å². The van der Waals surface area contributed by atoms with E-state index in [9.17, 15) is 5.11 Å². The van der Waals surface area contributed by atoms with Gasteiger partial charge in [0.05, 0.1) is 6.10 Å². The largest absolute Gasteiger partial charge is 0.391 e. The highest BCUT2D eigenvalue weighted by Crippen LogP contribution is 2.45. The maximum absolute atomic E-state index is 10.1. The van der Waals surface area contributed by atoms with Gasteiger partial charge in [-0.3, -0.25) is 4.90 Å². The molecule has 0 bridgehead atoms. The Bertz CT molecular complexity index is 250. The lowest BCUT2D eigenvalue weighted by molar-refractivity contribution is -0.0881. The van der Waals surface area contributed by atoms with Crippen molar-refractivity contribution >= 4 is 0 Å². The van der Waals surface area contributed by atoms with E-state index in [0.29, 0.717) is 11.5 Å². The Morgan fingerprint density at radius 1 is 0.824 bits per heavy atom. The lowest BCUT2D eigenvalue weighted by Crippen LogP contribution is -2.62. The average Bonchev–Trinajstić information content (AvgIpc) is 2.53. The lowest BCUT2D eigenvalue weighted by atomic mass is 9.71. The van der Waals surface area contributed by atoms with Gasteiger partial charge >= 0.3 is 0 Å². The molecule has 2 atom stereocenters. The van der Waals surface area contributed by atoms with Gasteiger partial charge in [-0.2, -0.15) is 0 Å². The summed E-state index contributed by atoms with van der Waals surface area (Å²) in [5.74, 6) is 0. The topological polar surface area (TPSA) is 23.5 Å². The third-order valence-electron chi connectivity index (χ3n) is 5.40. The highest BCUT2D eigenvalue weighted by atomic mass is 16.3. The van der Waals surface area contributed by atoms with Gasteiger partial charge in [0.15, 0.2) is 0 Å². The Morgan fingerprint density at radius 2 is 1.47 bits per heavy atom. The molecule has 1 N–H and O–H groups in total. The summed E-state index contributed by atoms with van der Waals surface area (Å²) in [7, 11) is 0. The number of hydrogen-bond acceptors (Lipinski definition) is 2. The van der Waals surface area contributed by atoms with Crippen molar-refractivity contribution in [2.45, 2.75) is 76.4 Å². The van der Waals surface area contributed by atoms with E-state index in [1.165, 1.54) is 70.9 Å². The third-order valence-corrected chi connectivity index (χ3v) is 5.40. The number of nitrogens with zero attached hydrogens (tertiary/aromatic N) is 1. The summed E-state index contributed by atoms with van der Waals surface area (Å²) < 4.78 is 0. The molecule has 98 valence electrons. The summed E-state index contributed by atoms with van der Waals surface area (Å²) in [6.45, 7) is 2.57. The minimum absolute atomic E-state index is 0.0353. The molecule has 2 nitrogen and oxygen atoms in total. The van der Waals surface area contributed by atoms with Crippen molar-refractivity contribution < 1.29 is 5.11 Å². The zero-order valence-corrected chi connectivity index (χ0v) is 11.0. The van der Waals surface area contributed by atoms with Gasteiger partial charge in [-0.25, -0.2) is 0 Å². The highest BCUT2D eigenvalue weighted by Gasteiger charge is 2.46. The zero-order valence-electron chi connectivity index (χ0n) is 11.0. The summed E-state index contributed by atoms with van der Waals surface area (Å²) in [6, 6.07) is 0.498. The van der Waals surface area contributed by atoms with Crippen LogP contribution >= 0.6 is 0 Å². The van der Waals surface area contributed by atoms with E-state index in [2.05, 4.69) is 4.90 Å². The van der Waals surface area contributed by atoms with Crippen molar-refractivity contribution in [3.8, 4) is 0 Å². The first-order valence-corrected chi connectivity index (χ1v) is 7.71. The normalized spacial score (nSPS) is 38.6. The summed E-state index contributed by atoms with van der Waals surface area (Å²) in [6.07, 6.45) is 13.5. The van der Waals surface area contributed by atoms with E-state index in [0.717, 1.165) is 6.42 Å². The third kappa shape index (κ3) is 2.39. The maximum atomic E-state index is 10.1. The predicted molar refractivity (Wildman–Crippen MR) is 70.0 cm³/mol. The Morgan fingerprint density at radius 3 is 2.12 bits per heavy atom. The van der Waals surface area contributed by atoms with Crippen LogP contribution in [-0.4, -0.2) is 35.2 Å². The van der Waals surface area contributed by atoms with Crippen molar-refractivity contribution in [2.24, 2.45) is 5.41 Å². The molecule has 0 amide bonds. The molecule has 0 aromatic heterocycles. The van der Waals surface area contributed by atoms with Crippen LogP contribution in [0.4, 0.5) is 0 Å². The molecular formula is C15H27NO. The molecule has 2 heteroatoms. The highest BCUT2D eigenvalue weighted by molar-refractivity contribution is 5.00. The van der Waals surface area contributed by atoms with E-state index in [-0.39, 0.29) is 6.10 Å². The molecule has 3 fully saturated rings. The molecule has 2 aliphatic carbocycles. The van der Waals surface area contributed by atoms with Crippen LogP contribution in [0, 0.1) is 5.41 Å². The van der Waals surface area contributed by atoms with Gasteiger partial charge in [0.2, 0.25) is 0 Å². The second kappa shape index (κ2) is 4.89. The molecular weight excluding hydrogens is 210 g/mol. The number of hydrogen-bond donors (Lipinski definition) is 1. The SMILES string of the molecule is OC1CCCCC1N1CC2(CCCCCC2)C1. The monoisotopic (exact) mass is 237 g/mol. The van der Waals surface area contributed by atoms with Crippen LogP contribution in [0.1, 0.15) is 64.2 Å². The number of aliphatic hydroxyl groups excluding tert-OH is 1. The van der Waals surface area contributed by atoms with Gasteiger partial charge in [-0.05, 0) is 31.1 Å². The summed E-state index contributed by atoms with van der Waals surface area (Å²) >= 11 is 0. The average molecular weight is 237 g/mol. The molecule has 0 radical (unpaired) electrons. The Balaban J connectivity index is 1.55. The molecule has 1 heterocycles. The van der Waals surface area contributed by atoms with E-state index < -0.39 is 0 Å². The minimum Gasteiger partial charge on any atom is -0.391 e. The molecule has 17 heavy (non-hydrogen) atoms. The molecule has 2 unspecified atom stereocenters.